The second-order valence-electron chi connectivity index (χ2n) is 5.71. The van der Waals surface area contributed by atoms with Gasteiger partial charge in [-0.3, -0.25) is 9.59 Å². The van der Waals surface area contributed by atoms with Gasteiger partial charge in [0.1, 0.15) is 17.5 Å². The number of rotatable bonds is 2. The average molecular weight is 311 g/mol. The topological polar surface area (TPSA) is 106 Å². The van der Waals surface area contributed by atoms with E-state index in [1.807, 2.05) is 6.07 Å². The predicted molar refractivity (Wildman–Crippen MR) is 83.0 cm³/mol. The largest absolute Gasteiger partial charge is 0.348 e. The third-order valence-corrected chi connectivity index (χ3v) is 4.31. The van der Waals surface area contributed by atoms with Crippen molar-refractivity contribution in [2.45, 2.75) is 25.7 Å². The van der Waals surface area contributed by atoms with Gasteiger partial charge < -0.3 is 14.9 Å². The number of hydrogen-bond acceptors (Lipinski definition) is 4. The lowest BCUT2D eigenvalue weighted by Gasteiger charge is -2.32. The molecule has 1 amide bonds. The molecule has 0 unspecified atom stereocenters. The van der Waals surface area contributed by atoms with Crippen LogP contribution >= 0.6 is 0 Å². The van der Waals surface area contributed by atoms with Gasteiger partial charge in [-0.25, -0.2) is 4.98 Å². The van der Waals surface area contributed by atoms with Gasteiger partial charge in [0, 0.05) is 37.6 Å². The molecule has 23 heavy (non-hydrogen) atoms. The molecule has 1 aliphatic rings. The first-order valence-corrected chi connectivity index (χ1v) is 7.52. The fourth-order valence-corrected chi connectivity index (χ4v) is 3.04. The maximum absolute atomic E-state index is 12.8. The molecule has 0 spiro atoms. The Bertz CT molecular complexity index is 816. The van der Waals surface area contributed by atoms with Gasteiger partial charge in [0.2, 0.25) is 0 Å². The third kappa shape index (κ3) is 2.75. The van der Waals surface area contributed by atoms with Crippen LogP contribution in [0.3, 0.4) is 0 Å². The minimum Gasteiger partial charge on any atom is -0.348 e. The Morgan fingerprint density at radius 1 is 1.48 bits per heavy atom. The third-order valence-electron chi connectivity index (χ3n) is 4.31. The van der Waals surface area contributed by atoms with Crippen molar-refractivity contribution in [3.63, 3.8) is 0 Å². The normalized spacial score (nSPS) is 17.7. The lowest BCUT2D eigenvalue weighted by Crippen LogP contribution is -2.40. The number of nitriles is 1. The predicted octanol–water partition coefficient (Wildman–Crippen LogP) is 1.30. The molecule has 2 N–H and O–H groups in total. The molecule has 1 saturated heterocycles. The highest BCUT2D eigenvalue weighted by atomic mass is 16.2. The standard InChI is InChI=1S/C16H17N5O2/c1-10-12(7-17)15(22)20-8-13(10)16(23)21-6-2-3-11(9-21)14-18-4-5-19-14/h4-5,8,11H,2-3,6,9H2,1H3,(H,18,19)(H,20,22)/t11-/m0/s1. The summed E-state index contributed by atoms with van der Waals surface area (Å²) in [5.41, 5.74) is 0.340. The van der Waals surface area contributed by atoms with Crippen molar-refractivity contribution in [1.29, 1.82) is 5.26 Å². The Labute approximate surface area is 133 Å². The summed E-state index contributed by atoms with van der Waals surface area (Å²) in [5, 5.41) is 9.08. The van der Waals surface area contributed by atoms with Crippen LogP contribution in [0.1, 0.15) is 46.1 Å². The van der Waals surface area contributed by atoms with Crippen LogP contribution in [0.5, 0.6) is 0 Å². The minimum absolute atomic E-state index is 0.00422. The van der Waals surface area contributed by atoms with Crippen LogP contribution in [-0.4, -0.2) is 38.8 Å². The maximum atomic E-state index is 12.8. The van der Waals surface area contributed by atoms with Crippen LogP contribution in [0.15, 0.2) is 23.4 Å². The first-order valence-electron chi connectivity index (χ1n) is 7.52. The van der Waals surface area contributed by atoms with Crippen LogP contribution < -0.4 is 5.56 Å². The van der Waals surface area contributed by atoms with Gasteiger partial charge in [0.25, 0.3) is 11.5 Å². The molecule has 0 aromatic carbocycles. The SMILES string of the molecule is Cc1c(C(=O)N2CCC[C@H](c3ncc[nH]3)C2)c[nH]c(=O)c1C#N. The van der Waals surface area contributed by atoms with E-state index in [0.717, 1.165) is 18.7 Å². The van der Waals surface area contributed by atoms with Gasteiger partial charge in [-0.15, -0.1) is 0 Å². The summed E-state index contributed by atoms with van der Waals surface area (Å²) in [7, 11) is 0. The summed E-state index contributed by atoms with van der Waals surface area (Å²) >= 11 is 0. The second kappa shape index (κ2) is 6.08. The summed E-state index contributed by atoms with van der Waals surface area (Å²) in [6, 6.07) is 1.86. The van der Waals surface area contributed by atoms with Crippen LogP contribution in [-0.2, 0) is 0 Å². The highest BCUT2D eigenvalue weighted by molar-refractivity contribution is 5.96. The number of nitrogens with zero attached hydrogens (tertiary/aromatic N) is 3. The Morgan fingerprint density at radius 2 is 2.30 bits per heavy atom. The van der Waals surface area contributed by atoms with Crippen molar-refractivity contribution in [3.05, 3.63) is 51.5 Å². The summed E-state index contributed by atoms with van der Waals surface area (Å²) < 4.78 is 0. The van der Waals surface area contributed by atoms with Crippen LogP contribution in [0, 0.1) is 18.3 Å². The Kier molecular flexibility index (Phi) is 3.98. The number of piperidine rings is 1. The molecule has 118 valence electrons. The first kappa shape index (κ1) is 15.0. The highest BCUT2D eigenvalue weighted by Gasteiger charge is 2.28. The van der Waals surface area contributed by atoms with Crippen molar-refractivity contribution >= 4 is 5.91 Å². The molecule has 0 aliphatic carbocycles. The number of carbonyl (C=O) groups is 1. The fraction of sp³-hybridized carbons (Fsp3) is 0.375. The van der Waals surface area contributed by atoms with Crippen LogP contribution in [0.4, 0.5) is 0 Å². The van der Waals surface area contributed by atoms with Crippen molar-refractivity contribution < 1.29 is 4.79 Å². The van der Waals surface area contributed by atoms with E-state index in [1.165, 1.54) is 6.20 Å². The summed E-state index contributed by atoms with van der Waals surface area (Å²) in [4.78, 5) is 36.0. The number of H-pyrrole nitrogens is 2. The number of aromatic nitrogens is 3. The number of carbonyl (C=O) groups excluding carboxylic acids is 1. The van der Waals surface area contributed by atoms with Crippen molar-refractivity contribution in [2.75, 3.05) is 13.1 Å². The quantitative estimate of drug-likeness (QED) is 0.871. The molecule has 0 saturated carbocycles. The minimum atomic E-state index is -0.464. The van der Waals surface area contributed by atoms with Crippen molar-refractivity contribution in [1.82, 2.24) is 19.9 Å². The molecular weight excluding hydrogens is 294 g/mol. The number of imidazole rings is 1. The molecule has 7 nitrogen and oxygen atoms in total. The maximum Gasteiger partial charge on any atom is 0.266 e. The molecule has 3 rings (SSSR count). The van der Waals surface area contributed by atoms with Gasteiger partial charge in [0.05, 0.1) is 5.56 Å². The molecule has 2 aromatic rings. The Balaban J connectivity index is 1.86. The van der Waals surface area contributed by atoms with E-state index in [9.17, 15) is 9.59 Å². The van der Waals surface area contributed by atoms with Crippen LogP contribution in [0.25, 0.3) is 0 Å². The lowest BCUT2D eigenvalue weighted by atomic mass is 9.96. The zero-order chi connectivity index (χ0) is 16.4. The van der Waals surface area contributed by atoms with Gasteiger partial charge in [-0.1, -0.05) is 0 Å². The van der Waals surface area contributed by atoms with Crippen molar-refractivity contribution in [3.8, 4) is 6.07 Å². The summed E-state index contributed by atoms with van der Waals surface area (Å²) in [5.74, 6) is 0.908. The first-order chi connectivity index (χ1) is 11.1. The number of amides is 1. The van der Waals surface area contributed by atoms with E-state index < -0.39 is 5.56 Å². The summed E-state index contributed by atoms with van der Waals surface area (Å²) in [6.07, 6.45) is 6.76. The average Bonchev–Trinajstić information content (AvgIpc) is 3.09. The molecule has 1 aliphatic heterocycles. The highest BCUT2D eigenvalue weighted by Crippen LogP contribution is 2.25. The zero-order valence-corrected chi connectivity index (χ0v) is 12.8. The van der Waals surface area contributed by atoms with E-state index in [4.69, 9.17) is 5.26 Å². The lowest BCUT2D eigenvalue weighted by molar-refractivity contribution is 0.0703. The summed E-state index contributed by atoms with van der Waals surface area (Å²) in [6.45, 7) is 2.87. The number of aromatic amines is 2. The number of likely N-dealkylation sites (tertiary alicyclic amines) is 1. The zero-order valence-electron chi connectivity index (χ0n) is 12.8. The van der Waals surface area contributed by atoms with E-state index in [0.29, 0.717) is 24.2 Å². The second-order valence-corrected chi connectivity index (χ2v) is 5.71. The number of hydrogen-bond donors (Lipinski definition) is 2. The number of pyridine rings is 1. The fourth-order valence-electron chi connectivity index (χ4n) is 3.04. The molecule has 0 bridgehead atoms. The molecule has 3 heterocycles. The van der Waals surface area contributed by atoms with E-state index in [-0.39, 0.29) is 17.4 Å². The smallest absolute Gasteiger partial charge is 0.266 e. The molecule has 1 atom stereocenters. The van der Waals surface area contributed by atoms with Crippen molar-refractivity contribution in [2.24, 2.45) is 0 Å². The molecular formula is C16H17N5O2. The molecule has 2 aromatic heterocycles. The van der Waals surface area contributed by atoms with Crippen LogP contribution in [0.2, 0.25) is 0 Å². The van der Waals surface area contributed by atoms with E-state index in [2.05, 4.69) is 15.0 Å². The van der Waals surface area contributed by atoms with Gasteiger partial charge in [-0.05, 0) is 25.3 Å². The van der Waals surface area contributed by atoms with E-state index in [1.54, 1.807) is 24.2 Å². The monoisotopic (exact) mass is 311 g/mol. The van der Waals surface area contributed by atoms with E-state index >= 15 is 0 Å². The molecule has 7 heteroatoms. The Hall–Kier alpha value is -2.88. The number of nitrogens with one attached hydrogen (secondary N) is 2. The Morgan fingerprint density at radius 3 is 3.00 bits per heavy atom. The van der Waals surface area contributed by atoms with Gasteiger partial charge in [-0.2, -0.15) is 5.26 Å². The molecule has 0 radical (unpaired) electrons. The molecule has 1 fully saturated rings. The van der Waals surface area contributed by atoms with Gasteiger partial charge in [0.15, 0.2) is 0 Å². The van der Waals surface area contributed by atoms with Gasteiger partial charge >= 0.3 is 0 Å².